The monoisotopic (exact) mass is 340 g/mol. The summed E-state index contributed by atoms with van der Waals surface area (Å²) in [5, 5.41) is 4.40. The van der Waals surface area contributed by atoms with Gasteiger partial charge in [0.25, 0.3) is 0 Å². The van der Waals surface area contributed by atoms with Crippen LogP contribution >= 0.6 is 0 Å². The molecular weight excluding hydrogens is 321 g/mol. The van der Waals surface area contributed by atoms with Crippen molar-refractivity contribution in [2.45, 2.75) is 38.8 Å². The average Bonchev–Trinajstić information content (AvgIpc) is 3.02. The first-order valence-corrected chi connectivity index (χ1v) is 7.73. The summed E-state index contributed by atoms with van der Waals surface area (Å²) in [7, 11) is 0. The number of halogens is 3. The molecule has 2 rings (SSSR count). The largest absolute Gasteiger partial charge is 0.471 e. The maximum absolute atomic E-state index is 12.2. The third kappa shape index (κ3) is 5.11. The van der Waals surface area contributed by atoms with E-state index < -0.39 is 12.1 Å². The molecular formula is C17H19F3N2O2. The SMILES string of the molecule is C/C(=C\C(=O)Nc1ccc(NC(=O)C(F)(F)F)cc1)C1CCCC1. The minimum Gasteiger partial charge on any atom is -0.323 e. The molecule has 1 aliphatic carbocycles. The fourth-order valence-corrected chi connectivity index (χ4v) is 2.72. The molecule has 0 aromatic heterocycles. The summed E-state index contributed by atoms with van der Waals surface area (Å²) in [6, 6.07) is 5.46. The highest BCUT2D eigenvalue weighted by Crippen LogP contribution is 2.30. The van der Waals surface area contributed by atoms with Crippen molar-refractivity contribution in [1.29, 1.82) is 0 Å². The van der Waals surface area contributed by atoms with Gasteiger partial charge in [-0.1, -0.05) is 18.4 Å². The van der Waals surface area contributed by atoms with Crippen molar-refractivity contribution in [3.63, 3.8) is 0 Å². The molecule has 0 unspecified atom stereocenters. The van der Waals surface area contributed by atoms with Crippen molar-refractivity contribution < 1.29 is 22.8 Å². The number of hydrogen-bond acceptors (Lipinski definition) is 2. The number of anilines is 2. The number of nitrogens with one attached hydrogen (secondary N) is 2. The van der Waals surface area contributed by atoms with E-state index in [2.05, 4.69) is 5.32 Å². The normalized spacial score (nSPS) is 16.1. The summed E-state index contributed by atoms with van der Waals surface area (Å²) in [5.41, 5.74) is 1.49. The number of amides is 2. The van der Waals surface area contributed by atoms with E-state index in [1.54, 1.807) is 11.4 Å². The number of benzene rings is 1. The molecule has 24 heavy (non-hydrogen) atoms. The van der Waals surface area contributed by atoms with Crippen LogP contribution in [0.1, 0.15) is 32.6 Å². The minimum absolute atomic E-state index is 0.00741. The predicted molar refractivity (Wildman–Crippen MR) is 85.5 cm³/mol. The Labute approximate surface area is 138 Å². The lowest BCUT2D eigenvalue weighted by Crippen LogP contribution is -2.29. The average molecular weight is 340 g/mol. The Morgan fingerprint density at radius 1 is 1.04 bits per heavy atom. The lowest BCUT2D eigenvalue weighted by atomic mass is 9.99. The maximum atomic E-state index is 12.2. The van der Waals surface area contributed by atoms with E-state index in [1.165, 1.54) is 37.1 Å². The molecule has 0 atom stereocenters. The van der Waals surface area contributed by atoms with Crippen LogP contribution < -0.4 is 10.6 Å². The number of carbonyl (C=O) groups is 2. The lowest BCUT2D eigenvalue weighted by molar-refractivity contribution is -0.167. The lowest BCUT2D eigenvalue weighted by Gasteiger charge is -2.10. The van der Waals surface area contributed by atoms with Gasteiger partial charge in [0.05, 0.1) is 0 Å². The Morgan fingerprint density at radius 2 is 1.54 bits per heavy atom. The van der Waals surface area contributed by atoms with Crippen LogP contribution in [0.4, 0.5) is 24.5 Å². The van der Waals surface area contributed by atoms with E-state index in [0.717, 1.165) is 18.4 Å². The van der Waals surface area contributed by atoms with Crippen LogP contribution in [0.5, 0.6) is 0 Å². The van der Waals surface area contributed by atoms with Gasteiger partial charge in [-0.15, -0.1) is 0 Å². The van der Waals surface area contributed by atoms with Gasteiger partial charge in [-0.05, 0) is 49.9 Å². The van der Waals surface area contributed by atoms with Gasteiger partial charge in [-0.3, -0.25) is 9.59 Å². The first kappa shape index (κ1) is 18.0. The minimum atomic E-state index is -4.94. The molecule has 1 saturated carbocycles. The zero-order chi connectivity index (χ0) is 17.7. The topological polar surface area (TPSA) is 58.2 Å². The number of hydrogen-bond donors (Lipinski definition) is 2. The summed E-state index contributed by atoms with van der Waals surface area (Å²) < 4.78 is 36.5. The van der Waals surface area contributed by atoms with Crippen LogP contribution in [0.2, 0.25) is 0 Å². The molecule has 2 N–H and O–H groups in total. The summed E-state index contributed by atoms with van der Waals surface area (Å²) in [6.07, 6.45) is 1.20. The number of carbonyl (C=O) groups excluding carboxylic acids is 2. The standard InChI is InChI=1S/C17H19F3N2O2/c1-11(12-4-2-3-5-12)10-15(23)21-13-6-8-14(9-7-13)22-16(24)17(18,19)20/h6-10,12H,2-5H2,1H3,(H,21,23)(H,22,24)/b11-10+. The first-order valence-electron chi connectivity index (χ1n) is 7.73. The van der Waals surface area contributed by atoms with Crippen LogP contribution in [0, 0.1) is 5.92 Å². The summed E-state index contributed by atoms with van der Waals surface area (Å²) in [6.45, 7) is 1.94. The molecule has 0 heterocycles. The van der Waals surface area contributed by atoms with Crippen molar-refractivity contribution in [2.75, 3.05) is 10.6 Å². The van der Waals surface area contributed by atoms with Gasteiger partial charge in [0.1, 0.15) is 0 Å². The highest BCUT2D eigenvalue weighted by molar-refractivity contribution is 6.00. The number of allylic oxidation sites excluding steroid dienone is 1. The van der Waals surface area contributed by atoms with Crippen LogP contribution in [0.15, 0.2) is 35.9 Å². The highest BCUT2D eigenvalue weighted by atomic mass is 19.4. The smallest absolute Gasteiger partial charge is 0.323 e. The van der Waals surface area contributed by atoms with Crippen LogP contribution in [0.3, 0.4) is 0 Å². The van der Waals surface area contributed by atoms with Crippen molar-refractivity contribution in [3.8, 4) is 0 Å². The van der Waals surface area contributed by atoms with Gasteiger partial charge in [0.2, 0.25) is 5.91 Å². The van der Waals surface area contributed by atoms with Crippen molar-refractivity contribution in [2.24, 2.45) is 5.92 Å². The molecule has 0 saturated heterocycles. The molecule has 0 spiro atoms. The van der Waals surface area contributed by atoms with E-state index in [-0.39, 0.29) is 11.6 Å². The molecule has 4 nitrogen and oxygen atoms in total. The van der Waals surface area contributed by atoms with E-state index >= 15 is 0 Å². The second kappa shape index (κ2) is 7.51. The van der Waals surface area contributed by atoms with Gasteiger partial charge in [-0.2, -0.15) is 13.2 Å². The van der Waals surface area contributed by atoms with Gasteiger partial charge < -0.3 is 10.6 Å². The molecule has 0 aliphatic heterocycles. The fraction of sp³-hybridized carbons (Fsp3) is 0.412. The van der Waals surface area contributed by atoms with Crippen molar-refractivity contribution >= 4 is 23.2 Å². The molecule has 1 aliphatic rings. The molecule has 0 bridgehead atoms. The molecule has 130 valence electrons. The third-order valence-corrected chi connectivity index (χ3v) is 4.03. The van der Waals surface area contributed by atoms with Crippen LogP contribution in [-0.4, -0.2) is 18.0 Å². The molecule has 2 amide bonds. The molecule has 0 radical (unpaired) electrons. The molecule has 1 aromatic carbocycles. The maximum Gasteiger partial charge on any atom is 0.471 e. The molecule has 1 aromatic rings. The van der Waals surface area contributed by atoms with Gasteiger partial charge >= 0.3 is 12.1 Å². The van der Waals surface area contributed by atoms with Crippen LogP contribution in [0.25, 0.3) is 0 Å². The summed E-state index contributed by atoms with van der Waals surface area (Å²) >= 11 is 0. The second-order valence-electron chi connectivity index (χ2n) is 5.89. The van der Waals surface area contributed by atoms with E-state index in [4.69, 9.17) is 0 Å². The third-order valence-electron chi connectivity index (χ3n) is 4.03. The van der Waals surface area contributed by atoms with Crippen molar-refractivity contribution in [1.82, 2.24) is 0 Å². The van der Waals surface area contributed by atoms with Gasteiger partial charge in [-0.25, -0.2) is 0 Å². The Kier molecular flexibility index (Phi) is 5.64. The van der Waals surface area contributed by atoms with Gasteiger partial charge in [0, 0.05) is 17.5 Å². The Hall–Kier alpha value is -2.31. The fourth-order valence-electron chi connectivity index (χ4n) is 2.72. The zero-order valence-corrected chi connectivity index (χ0v) is 13.2. The first-order chi connectivity index (χ1) is 11.3. The van der Waals surface area contributed by atoms with E-state index in [9.17, 15) is 22.8 Å². The number of alkyl halides is 3. The van der Waals surface area contributed by atoms with Gasteiger partial charge in [0.15, 0.2) is 0 Å². The highest BCUT2D eigenvalue weighted by Gasteiger charge is 2.38. The van der Waals surface area contributed by atoms with Crippen LogP contribution in [-0.2, 0) is 9.59 Å². The molecule has 7 heteroatoms. The Morgan fingerprint density at radius 3 is 2.04 bits per heavy atom. The Balaban J connectivity index is 1.92. The Bertz CT molecular complexity index is 630. The number of rotatable bonds is 4. The quantitative estimate of drug-likeness (QED) is 0.805. The zero-order valence-electron chi connectivity index (χ0n) is 13.2. The second-order valence-corrected chi connectivity index (χ2v) is 5.89. The van der Waals surface area contributed by atoms with E-state index in [1.807, 2.05) is 6.92 Å². The van der Waals surface area contributed by atoms with E-state index in [0.29, 0.717) is 11.6 Å². The molecule has 1 fully saturated rings. The summed E-state index contributed by atoms with van der Waals surface area (Å²) in [4.78, 5) is 22.8. The predicted octanol–water partition coefficient (Wildman–Crippen LogP) is 4.26. The summed E-state index contributed by atoms with van der Waals surface area (Å²) in [5.74, 6) is -1.85. The van der Waals surface area contributed by atoms with Crippen molar-refractivity contribution in [3.05, 3.63) is 35.9 Å².